The van der Waals surface area contributed by atoms with Gasteiger partial charge in [-0.15, -0.1) is 13.2 Å². The number of hydrogen-bond donors (Lipinski definition) is 2. The number of carbonyl (C=O) groups is 1. The van der Waals surface area contributed by atoms with Crippen molar-refractivity contribution < 1.29 is 27.4 Å². The van der Waals surface area contributed by atoms with Crippen LogP contribution in [0.15, 0.2) is 29.3 Å². The second-order valence-electron chi connectivity index (χ2n) is 5.04. The fourth-order valence-electron chi connectivity index (χ4n) is 1.98. The van der Waals surface area contributed by atoms with E-state index in [1.807, 2.05) is 0 Å². The van der Waals surface area contributed by atoms with E-state index in [1.54, 1.807) is 13.1 Å². The van der Waals surface area contributed by atoms with Crippen LogP contribution in [0.3, 0.4) is 0 Å². The van der Waals surface area contributed by atoms with Crippen molar-refractivity contribution in [3.63, 3.8) is 0 Å². The Labute approximate surface area is 144 Å². The number of aliphatic imine (C=N–C) groups is 1. The van der Waals surface area contributed by atoms with Crippen molar-refractivity contribution >= 4 is 11.9 Å². The lowest BCUT2D eigenvalue weighted by molar-refractivity contribution is -0.274. The maximum absolute atomic E-state index is 12.4. The summed E-state index contributed by atoms with van der Waals surface area (Å²) in [6, 6.07) is 5.90. The summed E-state index contributed by atoms with van der Waals surface area (Å²) in [5, 5.41) is 5.95. The quantitative estimate of drug-likeness (QED) is 0.322. The molecule has 0 bridgehead atoms. The number of alkyl halides is 3. The Balaban J connectivity index is 2.44. The molecule has 0 radical (unpaired) electrons. The molecule has 0 unspecified atom stereocenters. The van der Waals surface area contributed by atoms with Gasteiger partial charge in [0.15, 0.2) is 5.96 Å². The number of para-hydroxylation sites is 1. The first-order valence-electron chi connectivity index (χ1n) is 7.70. The Morgan fingerprint density at radius 2 is 1.92 bits per heavy atom. The maximum Gasteiger partial charge on any atom is 0.573 e. The summed E-state index contributed by atoms with van der Waals surface area (Å²) in [5.74, 6) is -0.0697. The third kappa shape index (κ3) is 8.83. The average Bonchev–Trinajstić information content (AvgIpc) is 2.56. The Kier molecular flexibility index (Phi) is 8.59. The normalized spacial score (nSPS) is 11.8. The third-order valence-corrected chi connectivity index (χ3v) is 3.20. The summed E-state index contributed by atoms with van der Waals surface area (Å²) in [7, 11) is 2.90. The number of halogens is 3. The second kappa shape index (κ2) is 10.4. The topological polar surface area (TPSA) is 72.0 Å². The molecule has 0 atom stereocenters. The fourth-order valence-corrected chi connectivity index (χ4v) is 1.98. The molecule has 140 valence electrons. The molecule has 0 aliphatic heterocycles. The molecule has 0 saturated carbocycles. The van der Waals surface area contributed by atoms with Crippen LogP contribution in [-0.2, 0) is 16.1 Å². The van der Waals surface area contributed by atoms with Crippen molar-refractivity contribution in [2.75, 3.05) is 20.7 Å². The van der Waals surface area contributed by atoms with Gasteiger partial charge in [-0.25, -0.2) is 0 Å². The van der Waals surface area contributed by atoms with E-state index in [2.05, 4.69) is 25.1 Å². The molecule has 6 nitrogen and oxygen atoms in total. The van der Waals surface area contributed by atoms with Crippen LogP contribution in [0, 0.1) is 0 Å². The number of ether oxygens (including phenoxy) is 2. The Hall–Kier alpha value is -2.45. The van der Waals surface area contributed by atoms with Gasteiger partial charge in [0.1, 0.15) is 5.75 Å². The van der Waals surface area contributed by atoms with Gasteiger partial charge in [0, 0.05) is 32.1 Å². The number of nitrogens with zero attached hydrogens (tertiary/aromatic N) is 1. The molecule has 0 aromatic heterocycles. The van der Waals surface area contributed by atoms with Crippen molar-refractivity contribution in [1.82, 2.24) is 10.6 Å². The van der Waals surface area contributed by atoms with Crippen molar-refractivity contribution in [3.8, 4) is 5.75 Å². The smallest absolute Gasteiger partial charge is 0.469 e. The second-order valence-corrected chi connectivity index (χ2v) is 5.04. The van der Waals surface area contributed by atoms with E-state index in [1.165, 1.54) is 25.3 Å². The molecule has 1 rings (SSSR count). The number of guanidine groups is 1. The first-order chi connectivity index (χ1) is 11.9. The SMILES string of the molecule is CN=C(NCCCCC(=O)OC)NCc1ccccc1OC(F)(F)F. The van der Waals surface area contributed by atoms with E-state index >= 15 is 0 Å². The first-order valence-corrected chi connectivity index (χ1v) is 7.70. The minimum atomic E-state index is -4.74. The van der Waals surface area contributed by atoms with Gasteiger partial charge in [-0.05, 0) is 18.9 Å². The van der Waals surface area contributed by atoms with Crippen LogP contribution in [-0.4, -0.2) is 39.0 Å². The van der Waals surface area contributed by atoms with E-state index in [9.17, 15) is 18.0 Å². The largest absolute Gasteiger partial charge is 0.573 e. The molecule has 1 aromatic carbocycles. The number of carbonyl (C=O) groups excluding carboxylic acids is 1. The monoisotopic (exact) mass is 361 g/mol. The van der Waals surface area contributed by atoms with Gasteiger partial charge >= 0.3 is 12.3 Å². The highest BCUT2D eigenvalue weighted by Crippen LogP contribution is 2.25. The number of rotatable bonds is 8. The van der Waals surface area contributed by atoms with Gasteiger partial charge in [0.25, 0.3) is 0 Å². The van der Waals surface area contributed by atoms with Gasteiger partial charge in [0.2, 0.25) is 0 Å². The number of methoxy groups -OCH3 is 1. The average molecular weight is 361 g/mol. The summed E-state index contributed by atoms with van der Waals surface area (Å²) < 4.78 is 45.7. The zero-order chi connectivity index (χ0) is 18.7. The number of unbranched alkanes of at least 4 members (excludes halogenated alkanes) is 1. The van der Waals surface area contributed by atoms with Crippen LogP contribution in [0.4, 0.5) is 13.2 Å². The van der Waals surface area contributed by atoms with Crippen LogP contribution in [0.25, 0.3) is 0 Å². The van der Waals surface area contributed by atoms with E-state index in [-0.39, 0.29) is 18.3 Å². The van der Waals surface area contributed by atoms with Crippen LogP contribution in [0.2, 0.25) is 0 Å². The number of hydrogen-bond acceptors (Lipinski definition) is 4. The molecule has 25 heavy (non-hydrogen) atoms. The van der Waals surface area contributed by atoms with Crippen LogP contribution < -0.4 is 15.4 Å². The van der Waals surface area contributed by atoms with Crippen LogP contribution in [0.1, 0.15) is 24.8 Å². The van der Waals surface area contributed by atoms with E-state index < -0.39 is 6.36 Å². The van der Waals surface area contributed by atoms with Crippen molar-refractivity contribution in [1.29, 1.82) is 0 Å². The molecule has 9 heteroatoms. The number of nitrogens with one attached hydrogen (secondary N) is 2. The molecule has 0 saturated heterocycles. The Morgan fingerprint density at radius 1 is 1.20 bits per heavy atom. The Bertz CT molecular complexity index is 577. The van der Waals surface area contributed by atoms with Gasteiger partial charge in [-0.3, -0.25) is 9.79 Å². The van der Waals surface area contributed by atoms with Crippen molar-refractivity contribution in [3.05, 3.63) is 29.8 Å². The Morgan fingerprint density at radius 3 is 2.56 bits per heavy atom. The zero-order valence-electron chi connectivity index (χ0n) is 14.2. The molecule has 1 aromatic rings. The first kappa shape index (κ1) is 20.6. The van der Waals surface area contributed by atoms with Gasteiger partial charge < -0.3 is 20.1 Å². The predicted octanol–water partition coefficient (Wildman–Crippen LogP) is 2.59. The summed E-state index contributed by atoms with van der Waals surface area (Å²) >= 11 is 0. The van der Waals surface area contributed by atoms with Gasteiger partial charge in [-0.1, -0.05) is 18.2 Å². The zero-order valence-corrected chi connectivity index (χ0v) is 14.2. The third-order valence-electron chi connectivity index (χ3n) is 3.20. The maximum atomic E-state index is 12.4. The summed E-state index contributed by atoms with van der Waals surface area (Å²) in [6.07, 6.45) is -3.01. The molecular weight excluding hydrogens is 339 g/mol. The van der Waals surface area contributed by atoms with Crippen LogP contribution >= 0.6 is 0 Å². The van der Waals surface area contributed by atoms with Gasteiger partial charge in [-0.2, -0.15) is 0 Å². The lowest BCUT2D eigenvalue weighted by Crippen LogP contribution is -2.37. The predicted molar refractivity (Wildman–Crippen MR) is 87.2 cm³/mol. The summed E-state index contributed by atoms with van der Waals surface area (Å²) in [6.45, 7) is 0.686. The molecular formula is C16H22F3N3O3. The van der Waals surface area contributed by atoms with Crippen molar-refractivity contribution in [2.24, 2.45) is 4.99 Å². The lowest BCUT2D eigenvalue weighted by atomic mass is 10.2. The van der Waals surface area contributed by atoms with Gasteiger partial charge in [0.05, 0.1) is 7.11 Å². The highest BCUT2D eigenvalue weighted by Gasteiger charge is 2.31. The summed E-state index contributed by atoms with van der Waals surface area (Å²) in [4.78, 5) is 15.0. The highest BCUT2D eigenvalue weighted by atomic mass is 19.4. The lowest BCUT2D eigenvalue weighted by Gasteiger charge is -2.15. The molecule has 0 amide bonds. The van der Waals surface area contributed by atoms with E-state index in [4.69, 9.17) is 0 Å². The minimum absolute atomic E-state index is 0.119. The molecule has 2 N–H and O–H groups in total. The minimum Gasteiger partial charge on any atom is -0.469 e. The van der Waals surface area contributed by atoms with E-state index in [0.29, 0.717) is 30.9 Å². The van der Waals surface area contributed by atoms with Crippen LogP contribution in [0.5, 0.6) is 5.75 Å². The molecule has 0 aliphatic rings. The standard InChI is InChI=1S/C16H22F3N3O3/c1-20-15(21-10-6-5-9-14(23)24-2)22-11-12-7-3-4-8-13(12)25-16(17,18)19/h3-4,7-8H,5-6,9-11H2,1-2H3,(H2,20,21,22). The van der Waals surface area contributed by atoms with Crippen molar-refractivity contribution in [2.45, 2.75) is 32.2 Å². The number of esters is 1. The number of benzene rings is 1. The fraction of sp³-hybridized carbons (Fsp3) is 0.500. The molecule has 0 heterocycles. The molecule has 0 fully saturated rings. The molecule has 0 spiro atoms. The summed E-state index contributed by atoms with van der Waals surface area (Å²) in [5.41, 5.74) is 0.355. The van der Waals surface area contributed by atoms with E-state index in [0.717, 1.165) is 6.42 Å². The highest BCUT2D eigenvalue weighted by molar-refractivity contribution is 5.79. The molecule has 0 aliphatic carbocycles.